The quantitative estimate of drug-likeness (QED) is 0.0981. The zero-order chi connectivity index (χ0) is 83.4. The lowest BCUT2D eigenvalue weighted by molar-refractivity contribution is 0.670. The predicted octanol–water partition coefficient (Wildman–Crippen LogP) is 30.8. The van der Waals surface area contributed by atoms with Gasteiger partial charge in [0.1, 0.15) is 11.2 Å². The van der Waals surface area contributed by atoms with Crippen molar-refractivity contribution >= 4 is 96.8 Å². The maximum atomic E-state index is 6.35. The number of aromatic nitrogens is 8. The van der Waals surface area contributed by atoms with E-state index in [9.17, 15) is 0 Å². The Morgan fingerprint density at radius 2 is 0.444 bits per heavy atom. The van der Waals surface area contributed by atoms with E-state index in [1.54, 1.807) is 0 Å². The normalized spacial score (nSPS) is 11.5. The first kappa shape index (κ1) is 74.4. The van der Waals surface area contributed by atoms with Crippen LogP contribution >= 0.6 is 11.3 Å². The van der Waals surface area contributed by atoms with Gasteiger partial charge in [-0.3, -0.25) is 0 Å². The summed E-state index contributed by atoms with van der Waals surface area (Å²) in [6.07, 6.45) is 0. The van der Waals surface area contributed by atoms with Crippen LogP contribution in [0.1, 0.15) is 0 Å². The topological polar surface area (TPSA) is 116 Å². The zero-order valence-electron chi connectivity index (χ0n) is 68.0. The molecule has 0 radical (unpaired) electrons. The molecule has 0 atom stereocenters. The molecule has 6 heterocycles. The van der Waals surface area contributed by atoms with Crippen LogP contribution in [0.2, 0.25) is 0 Å². The zero-order valence-corrected chi connectivity index (χ0v) is 68.8. The number of para-hydroxylation sites is 4. The first-order valence-corrected chi connectivity index (χ1v) is 43.1. The van der Waals surface area contributed by atoms with E-state index in [1.165, 1.54) is 47.6 Å². The smallest absolute Gasteiger partial charge is 0.164 e. The fourth-order valence-electron chi connectivity index (χ4n) is 17.7. The number of hydrogen-bond donors (Lipinski definition) is 0. The molecule has 0 spiro atoms. The Labute approximate surface area is 730 Å². The minimum atomic E-state index is 0.611. The van der Waals surface area contributed by atoms with Crippen molar-refractivity contribution in [1.29, 1.82) is 0 Å². The van der Waals surface area contributed by atoms with Crippen LogP contribution in [0.4, 0.5) is 0 Å². The number of fused-ring (bicyclic) bond motifs is 12. The molecular weight excluding hydrogens is 1550 g/mol. The van der Waals surface area contributed by atoms with Crippen molar-refractivity contribution in [2.24, 2.45) is 0 Å². The molecule has 24 aromatic rings. The maximum Gasteiger partial charge on any atom is 0.164 e. The first-order valence-electron chi connectivity index (χ1n) is 42.3. The molecule has 0 aliphatic rings. The molecule has 0 saturated carbocycles. The molecule has 126 heavy (non-hydrogen) atoms. The SMILES string of the molecule is c1ccc(-c2nc(-c3ccc(-c4ccc(-c5cccc6c(-c7ccccc7)nc7ccccc7c56)cc4)cc3)nc(-c3ccc(-c4cccc5c4oc4ccccc45)cc3)n2)cc1.c1ccc(-c2nc(-c3ccc(-c4ccc(-c5cccc6c(-c7ccccc7)nc7ccccc7c56)cc4)cc3)nc(-c3ccc(-c4cccc5c4sc4ccccc45)cc3)n2)cc1. The van der Waals surface area contributed by atoms with E-state index in [0.717, 1.165) is 160 Å². The minimum Gasteiger partial charge on any atom is -0.455 e. The number of furan rings is 1. The van der Waals surface area contributed by atoms with E-state index >= 15 is 0 Å². The van der Waals surface area contributed by atoms with Crippen molar-refractivity contribution in [3.05, 3.63) is 437 Å². The van der Waals surface area contributed by atoms with Crippen LogP contribution in [-0.4, -0.2) is 39.9 Å². The Morgan fingerprint density at radius 1 is 0.167 bits per heavy atom. The summed E-state index contributed by atoms with van der Waals surface area (Å²) in [5.41, 5.74) is 27.2. The van der Waals surface area contributed by atoms with Crippen LogP contribution in [0.25, 0.3) is 243 Å². The number of thiophene rings is 1. The summed E-state index contributed by atoms with van der Waals surface area (Å²) < 4.78 is 8.95. The average molecular weight is 1630 g/mol. The highest BCUT2D eigenvalue weighted by Gasteiger charge is 2.22. The Kier molecular flexibility index (Phi) is 18.9. The van der Waals surface area contributed by atoms with E-state index in [4.69, 9.17) is 44.3 Å². The second-order valence-corrected chi connectivity index (χ2v) is 32.6. The van der Waals surface area contributed by atoms with Crippen molar-refractivity contribution in [2.75, 3.05) is 0 Å². The second kappa shape index (κ2) is 32.1. The molecule has 0 saturated heterocycles. The number of hydrogen-bond acceptors (Lipinski definition) is 10. The van der Waals surface area contributed by atoms with E-state index in [0.29, 0.717) is 34.9 Å². The van der Waals surface area contributed by atoms with Gasteiger partial charge < -0.3 is 4.42 Å². The van der Waals surface area contributed by atoms with Crippen molar-refractivity contribution < 1.29 is 4.42 Å². The maximum absolute atomic E-state index is 6.35. The highest BCUT2D eigenvalue weighted by atomic mass is 32.1. The second-order valence-electron chi connectivity index (χ2n) is 31.5. The van der Waals surface area contributed by atoms with Crippen molar-refractivity contribution in [3.8, 4) is 158 Å². The molecule has 0 aliphatic heterocycles. The summed E-state index contributed by atoms with van der Waals surface area (Å²) in [5, 5.41) is 11.8. The molecule has 0 amide bonds. The van der Waals surface area contributed by atoms with E-state index in [-0.39, 0.29) is 0 Å². The Morgan fingerprint density at radius 3 is 0.857 bits per heavy atom. The lowest BCUT2D eigenvalue weighted by Gasteiger charge is -2.14. The molecule has 9 nitrogen and oxygen atoms in total. The van der Waals surface area contributed by atoms with Gasteiger partial charge in [0.2, 0.25) is 0 Å². The number of rotatable bonds is 14. The molecule has 0 unspecified atom stereocenters. The van der Waals surface area contributed by atoms with Gasteiger partial charge in [-0.2, -0.15) is 0 Å². The van der Waals surface area contributed by atoms with Gasteiger partial charge in [-0.1, -0.05) is 413 Å². The van der Waals surface area contributed by atoms with Gasteiger partial charge in [-0.05, 0) is 85.5 Å². The summed E-state index contributed by atoms with van der Waals surface area (Å²) in [5.74, 6) is 3.76. The van der Waals surface area contributed by atoms with Crippen molar-refractivity contribution in [2.45, 2.75) is 0 Å². The van der Waals surface area contributed by atoms with Crippen LogP contribution in [0.5, 0.6) is 0 Å². The van der Waals surface area contributed by atoms with Crippen molar-refractivity contribution in [3.63, 3.8) is 0 Å². The van der Waals surface area contributed by atoms with E-state index in [1.807, 2.05) is 102 Å². The largest absolute Gasteiger partial charge is 0.455 e. The summed E-state index contributed by atoms with van der Waals surface area (Å²) >= 11 is 1.85. The summed E-state index contributed by atoms with van der Waals surface area (Å²) in [6.45, 7) is 0. The van der Waals surface area contributed by atoms with Crippen LogP contribution in [0.3, 0.4) is 0 Å². The third kappa shape index (κ3) is 13.9. The van der Waals surface area contributed by atoms with Gasteiger partial charge >= 0.3 is 0 Å². The summed E-state index contributed by atoms with van der Waals surface area (Å²) in [4.78, 5) is 40.4. The van der Waals surface area contributed by atoms with Gasteiger partial charge in [0, 0.05) is 113 Å². The number of pyridine rings is 2. The lowest BCUT2D eigenvalue weighted by atomic mass is 9.92. The fourth-order valence-corrected chi connectivity index (χ4v) is 18.9. The predicted molar refractivity (Wildman–Crippen MR) is 522 cm³/mol. The van der Waals surface area contributed by atoms with Gasteiger partial charge in [0.25, 0.3) is 0 Å². The standard InChI is InChI=1S/C58H36N4O.C58H36N4S/c2*1-3-13-41(14-4-1)54-50-22-11-19-45(53(50)49-18-7-9-23-51(49)59-54)39-29-25-37(26-30-39)38-27-33-43(34-28-38)57-60-56(42-15-5-2-6-16-42)61-58(62-57)44-35-31-40(32-36-44)46-20-12-21-48-47-17-8-10-24-52(47)63-55(46)48/h2*1-36H. The molecule has 0 bridgehead atoms. The van der Waals surface area contributed by atoms with Gasteiger partial charge in [0.15, 0.2) is 34.9 Å². The average Bonchev–Trinajstić information content (AvgIpc) is 1.15. The van der Waals surface area contributed by atoms with Crippen LogP contribution in [0.15, 0.2) is 441 Å². The molecule has 588 valence electrons. The van der Waals surface area contributed by atoms with Crippen molar-refractivity contribution in [1.82, 2.24) is 39.9 Å². The molecule has 10 heteroatoms. The molecule has 18 aromatic carbocycles. The highest BCUT2D eigenvalue weighted by molar-refractivity contribution is 7.26. The van der Waals surface area contributed by atoms with Crippen LogP contribution in [0, 0.1) is 0 Å². The Hall–Kier alpha value is -16.7. The van der Waals surface area contributed by atoms with E-state index < -0.39 is 0 Å². The lowest BCUT2D eigenvalue weighted by Crippen LogP contribution is -2.00. The number of nitrogens with zero attached hydrogens (tertiary/aromatic N) is 8. The molecule has 0 aliphatic carbocycles. The molecule has 24 rings (SSSR count). The molecule has 0 N–H and O–H groups in total. The Balaban J connectivity index is 0.000000145. The van der Waals surface area contributed by atoms with E-state index in [2.05, 4.69) is 346 Å². The van der Waals surface area contributed by atoms with Gasteiger partial charge in [-0.15, -0.1) is 11.3 Å². The Bertz CT molecular complexity index is 7770. The number of benzene rings is 18. The minimum absolute atomic E-state index is 0.611. The summed E-state index contributed by atoms with van der Waals surface area (Å²) in [7, 11) is 0. The molecule has 6 aromatic heterocycles. The van der Waals surface area contributed by atoms with Crippen LogP contribution < -0.4 is 0 Å². The van der Waals surface area contributed by atoms with Gasteiger partial charge in [-0.25, -0.2) is 39.9 Å². The first-order chi connectivity index (χ1) is 62.4. The fraction of sp³-hybridized carbons (Fsp3) is 0. The summed E-state index contributed by atoms with van der Waals surface area (Å²) in [6, 6.07) is 153. The van der Waals surface area contributed by atoms with Crippen LogP contribution in [-0.2, 0) is 0 Å². The third-order valence-corrected chi connectivity index (χ3v) is 25.2. The highest BCUT2D eigenvalue weighted by Crippen LogP contribution is 2.45. The van der Waals surface area contributed by atoms with Gasteiger partial charge in [0.05, 0.1) is 22.4 Å². The monoisotopic (exact) mass is 1620 g/mol. The molecular formula is C116H72N8OS. The third-order valence-electron chi connectivity index (χ3n) is 23.9. The molecule has 0 fully saturated rings.